The van der Waals surface area contributed by atoms with Gasteiger partial charge in [-0.2, -0.15) is 18.4 Å². The average Bonchev–Trinajstić information content (AvgIpc) is 2.97. The molecule has 1 aromatic carbocycles. The van der Waals surface area contributed by atoms with Crippen LogP contribution in [0.1, 0.15) is 28.2 Å². The molecule has 0 bridgehead atoms. The highest BCUT2D eigenvalue weighted by atomic mass is 19.4. The monoisotopic (exact) mass is 352 g/mol. The Morgan fingerprint density at radius 1 is 1.12 bits per heavy atom. The fourth-order valence-electron chi connectivity index (χ4n) is 2.37. The van der Waals surface area contributed by atoms with Gasteiger partial charge in [0.2, 0.25) is 0 Å². The normalized spacial score (nSPS) is 11.7. The first-order valence-electron chi connectivity index (χ1n) is 6.99. The molecule has 2 heterocycles. The van der Waals surface area contributed by atoms with Crippen molar-refractivity contribution in [1.82, 2.24) is 14.4 Å². The highest BCUT2D eigenvalue weighted by Crippen LogP contribution is 2.29. The minimum atomic E-state index is -4.68. The molecule has 3 rings (SSSR count). The van der Waals surface area contributed by atoms with Gasteiger partial charge in [0.15, 0.2) is 17.0 Å². The molecule has 0 fully saturated rings. The van der Waals surface area contributed by atoms with Gasteiger partial charge in [0.05, 0.1) is 5.69 Å². The molecule has 2 aromatic heterocycles. The highest BCUT2D eigenvalue weighted by molar-refractivity contribution is 5.49. The smallest absolute Gasteiger partial charge is 0.302 e. The van der Waals surface area contributed by atoms with Crippen LogP contribution in [0.4, 0.5) is 22.0 Å². The van der Waals surface area contributed by atoms with E-state index in [4.69, 9.17) is 5.26 Å². The maximum Gasteiger partial charge on any atom is 0.434 e. The molecule has 0 amide bonds. The third-order valence-corrected chi connectivity index (χ3v) is 3.60. The van der Waals surface area contributed by atoms with Gasteiger partial charge in [0.1, 0.15) is 17.7 Å². The van der Waals surface area contributed by atoms with Gasteiger partial charge in [0, 0.05) is 18.8 Å². The summed E-state index contributed by atoms with van der Waals surface area (Å²) in [6.07, 6.45) is -3.19. The fraction of sp³-hybridized carbons (Fsp3) is 0.188. The van der Waals surface area contributed by atoms with Crippen molar-refractivity contribution in [2.75, 3.05) is 0 Å². The van der Waals surface area contributed by atoms with E-state index in [1.807, 2.05) is 0 Å². The number of aromatic nitrogens is 3. The van der Waals surface area contributed by atoms with Gasteiger partial charge in [-0.05, 0) is 30.2 Å². The second-order valence-electron chi connectivity index (χ2n) is 5.41. The van der Waals surface area contributed by atoms with Crippen molar-refractivity contribution >= 4 is 5.65 Å². The van der Waals surface area contributed by atoms with Crippen molar-refractivity contribution in [3.05, 3.63) is 64.4 Å². The zero-order valence-corrected chi connectivity index (χ0v) is 12.7. The first-order valence-corrected chi connectivity index (χ1v) is 6.99. The second kappa shape index (κ2) is 5.81. The van der Waals surface area contributed by atoms with E-state index < -0.39 is 23.5 Å². The molecule has 3 aromatic rings. The summed E-state index contributed by atoms with van der Waals surface area (Å²) in [6.45, 7) is 1.39. The lowest BCUT2D eigenvalue weighted by atomic mass is 10.1. The van der Waals surface area contributed by atoms with E-state index >= 15 is 0 Å². The Kier molecular flexibility index (Phi) is 3.91. The Balaban J connectivity index is 2.16. The van der Waals surface area contributed by atoms with E-state index in [9.17, 15) is 22.0 Å². The Morgan fingerprint density at radius 3 is 2.48 bits per heavy atom. The minimum Gasteiger partial charge on any atom is -0.302 e. The lowest BCUT2D eigenvalue weighted by Crippen LogP contribution is -2.05. The van der Waals surface area contributed by atoms with Gasteiger partial charge >= 0.3 is 6.18 Å². The van der Waals surface area contributed by atoms with Crippen LogP contribution in [0.2, 0.25) is 0 Å². The van der Waals surface area contributed by atoms with Gasteiger partial charge in [-0.15, -0.1) is 0 Å². The van der Waals surface area contributed by atoms with E-state index in [1.165, 1.54) is 6.92 Å². The molecule has 0 unspecified atom stereocenters. The Labute approximate surface area is 138 Å². The summed E-state index contributed by atoms with van der Waals surface area (Å²) in [5, 5.41) is 8.99. The number of nitrogens with zero attached hydrogens (tertiary/aromatic N) is 4. The molecule has 0 spiro atoms. The number of hydrogen-bond acceptors (Lipinski definition) is 3. The van der Waals surface area contributed by atoms with Gasteiger partial charge < -0.3 is 4.40 Å². The molecule has 4 nitrogen and oxygen atoms in total. The van der Waals surface area contributed by atoms with Crippen molar-refractivity contribution in [2.24, 2.45) is 0 Å². The number of imidazole rings is 1. The minimum absolute atomic E-state index is 0.0586. The summed E-state index contributed by atoms with van der Waals surface area (Å²) >= 11 is 0. The number of benzene rings is 1. The van der Waals surface area contributed by atoms with E-state index in [1.54, 1.807) is 6.07 Å². The number of nitriles is 1. The van der Waals surface area contributed by atoms with Crippen LogP contribution in [-0.2, 0) is 12.6 Å². The summed E-state index contributed by atoms with van der Waals surface area (Å²) < 4.78 is 67.3. The molecule has 0 saturated heterocycles. The van der Waals surface area contributed by atoms with E-state index in [0.717, 1.165) is 22.7 Å². The number of alkyl halides is 3. The molecule has 0 N–H and O–H groups in total. The number of rotatable bonds is 2. The Morgan fingerprint density at radius 2 is 1.84 bits per heavy atom. The van der Waals surface area contributed by atoms with Crippen molar-refractivity contribution in [3.63, 3.8) is 0 Å². The lowest BCUT2D eigenvalue weighted by molar-refractivity contribution is -0.140. The van der Waals surface area contributed by atoms with E-state index in [-0.39, 0.29) is 34.6 Å². The molecule has 0 aliphatic carbocycles. The molecule has 0 atom stereocenters. The average molecular weight is 352 g/mol. The molecule has 0 aliphatic heterocycles. The van der Waals surface area contributed by atoms with Gasteiger partial charge in [0.25, 0.3) is 0 Å². The predicted molar refractivity (Wildman–Crippen MR) is 76.6 cm³/mol. The van der Waals surface area contributed by atoms with E-state index in [2.05, 4.69) is 9.97 Å². The van der Waals surface area contributed by atoms with Gasteiger partial charge in [-0.1, -0.05) is 0 Å². The zero-order chi connectivity index (χ0) is 18.4. The lowest BCUT2D eigenvalue weighted by Gasteiger charge is -2.07. The van der Waals surface area contributed by atoms with Crippen LogP contribution in [0.5, 0.6) is 0 Å². The van der Waals surface area contributed by atoms with Crippen LogP contribution in [-0.4, -0.2) is 14.4 Å². The van der Waals surface area contributed by atoms with Crippen molar-refractivity contribution < 1.29 is 22.0 Å². The zero-order valence-electron chi connectivity index (χ0n) is 12.7. The first-order chi connectivity index (χ1) is 11.7. The topological polar surface area (TPSA) is 54.0 Å². The molecule has 128 valence electrons. The van der Waals surface area contributed by atoms with Crippen LogP contribution in [0, 0.1) is 29.9 Å². The van der Waals surface area contributed by atoms with E-state index in [0.29, 0.717) is 6.20 Å². The van der Waals surface area contributed by atoms with Crippen molar-refractivity contribution in [2.45, 2.75) is 19.5 Å². The van der Waals surface area contributed by atoms with Crippen LogP contribution >= 0.6 is 0 Å². The van der Waals surface area contributed by atoms with Crippen molar-refractivity contribution in [3.8, 4) is 6.07 Å². The number of fused-ring (bicyclic) bond motifs is 1. The summed E-state index contributed by atoms with van der Waals surface area (Å²) in [6, 6.07) is 3.66. The first kappa shape index (κ1) is 16.8. The maximum absolute atomic E-state index is 14.0. The quantitative estimate of drug-likeness (QED) is 0.659. The van der Waals surface area contributed by atoms with Crippen LogP contribution in [0.3, 0.4) is 0 Å². The largest absolute Gasteiger partial charge is 0.434 e. The molecular formula is C16H9F5N4. The maximum atomic E-state index is 14.0. The summed E-state index contributed by atoms with van der Waals surface area (Å²) in [5.41, 5.74) is -1.55. The van der Waals surface area contributed by atoms with Gasteiger partial charge in [-0.25, -0.2) is 18.7 Å². The summed E-state index contributed by atoms with van der Waals surface area (Å²) in [5.74, 6) is -1.37. The number of halogens is 5. The van der Waals surface area contributed by atoms with Crippen LogP contribution < -0.4 is 0 Å². The van der Waals surface area contributed by atoms with Crippen LogP contribution in [0.25, 0.3) is 5.65 Å². The molecule has 0 radical (unpaired) electrons. The Hall–Kier alpha value is -3.02. The molecule has 0 aliphatic rings. The highest BCUT2D eigenvalue weighted by Gasteiger charge is 2.34. The molecule has 0 saturated carbocycles. The van der Waals surface area contributed by atoms with Gasteiger partial charge in [-0.3, -0.25) is 0 Å². The summed E-state index contributed by atoms with van der Waals surface area (Å²) in [7, 11) is 0. The second-order valence-corrected chi connectivity index (χ2v) is 5.41. The predicted octanol–water partition coefficient (Wildman–Crippen LogP) is 3.80. The Bertz CT molecular complexity index is 1010. The number of hydrogen-bond donors (Lipinski definition) is 0. The molecule has 9 heteroatoms. The molecule has 25 heavy (non-hydrogen) atoms. The standard InChI is InChI=1S/C16H9F5N4/c1-8-2-12(18)9(3-11(8)17)4-13-15-24-14(16(19,20)21)7-25(15)6-10(5-22)23-13/h2-3,6-7H,4H2,1H3. The van der Waals surface area contributed by atoms with Crippen molar-refractivity contribution in [1.29, 1.82) is 5.26 Å². The summed E-state index contributed by atoms with van der Waals surface area (Å²) in [4.78, 5) is 7.38. The SMILES string of the molecule is Cc1cc(F)c(Cc2nc(C#N)cn3cc(C(F)(F)F)nc23)cc1F. The molecular weight excluding hydrogens is 343 g/mol. The number of aryl methyl sites for hydroxylation is 1. The fourth-order valence-corrected chi connectivity index (χ4v) is 2.37. The third kappa shape index (κ3) is 3.15. The van der Waals surface area contributed by atoms with Crippen LogP contribution in [0.15, 0.2) is 24.5 Å². The third-order valence-electron chi connectivity index (χ3n) is 3.60.